The first-order chi connectivity index (χ1) is 3.43. The number of aromatic nitrogens is 4. The van der Waals surface area contributed by atoms with Gasteiger partial charge in [-0.15, -0.1) is 0 Å². The Balaban J connectivity index is 3.04. The molecular formula is C2H2N5+. The molecular weight excluding hydrogens is 94.1 g/mol. The van der Waals surface area contributed by atoms with E-state index < -0.39 is 0 Å². The Kier molecular flexibility index (Phi) is 0.717. The maximum Gasteiger partial charge on any atom is 0.349 e. The van der Waals surface area contributed by atoms with Gasteiger partial charge in [0.05, 0.1) is 0 Å². The summed E-state index contributed by atoms with van der Waals surface area (Å²) >= 11 is 0. The average molecular weight is 96.1 g/mol. The van der Waals surface area contributed by atoms with Gasteiger partial charge in [-0.1, -0.05) is 9.90 Å². The van der Waals surface area contributed by atoms with Crippen LogP contribution in [0, 0.1) is 11.5 Å². The number of nitriles is 1. The highest BCUT2D eigenvalue weighted by atomic mass is 15.5. The highest BCUT2D eigenvalue weighted by molar-refractivity contribution is 4.37. The summed E-state index contributed by atoms with van der Waals surface area (Å²) in [5.74, 6) is 0. The molecule has 1 N–H and O–H groups in total. The van der Waals surface area contributed by atoms with Gasteiger partial charge in [0.1, 0.15) is 5.21 Å². The summed E-state index contributed by atoms with van der Waals surface area (Å²) < 4.78 is 1.08. The van der Waals surface area contributed by atoms with E-state index in [1.807, 2.05) is 0 Å². The van der Waals surface area contributed by atoms with Crippen molar-refractivity contribution in [1.29, 1.82) is 5.26 Å². The van der Waals surface area contributed by atoms with Gasteiger partial charge < -0.3 is 0 Å². The topological polar surface area (TPSA) is 69.2 Å². The summed E-state index contributed by atoms with van der Waals surface area (Å²) in [4.78, 5) is 0. The van der Waals surface area contributed by atoms with Crippen molar-refractivity contribution >= 4 is 0 Å². The van der Waals surface area contributed by atoms with E-state index in [0.717, 1.165) is 4.68 Å². The van der Waals surface area contributed by atoms with Crippen LogP contribution < -0.4 is 4.68 Å². The molecule has 0 aromatic carbocycles. The predicted molar refractivity (Wildman–Crippen MR) is 17.6 cm³/mol. The third-order valence-corrected chi connectivity index (χ3v) is 0.485. The molecule has 0 spiro atoms. The number of aromatic amines is 1. The van der Waals surface area contributed by atoms with E-state index in [0.29, 0.717) is 0 Å². The minimum Gasteiger partial charge on any atom is -0.0887 e. The summed E-state index contributed by atoms with van der Waals surface area (Å²) in [5, 5.41) is 16.9. The monoisotopic (exact) mass is 96.0 g/mol. The van der Waals surface area contributed by atoms with Crippen LogP contribution in [0.5, 0.6) is 0 Å². The molecule has 1 aromatic heterocycles. The first-order valence-electron chi connectivity index (χ1n) is 1.61. The summed E-state index contributed by atoms with van der Waals surface area (Å²) in [6.07, 6.45) is 3.02. The summed E-state index contributed by atoms with van der Waals surface area (Å²) in [6.45, 7) is 0. The predicted octanol–water partition coefficient (Wildman–Crippen LogP) is -1.58. The fourth-order valence-corrected chi connectivity index (χ4v) is 0.225. The third-order valence-electron chi connectivity index (χ3n) is 0.485. The van der Waals surface area contributed by atoms with Gasteiger partial charge in [0.25, 0.3) is 6.33 Å². The lowest BCUT2D eigenvalue weighted by Crippen LogP contribution is -2.28. The van der Waals surface area contributed by atoms with Crippen molar-refractivity contribution in [2.75, 3.05) is 0 Å². The van der Waals surface area contributed by atoms with Gasteiger partial charge >= 0.3 is 6.19 Å². The van der Waals surface area contributed by atoms with Crippen molar-refractivity contribution in [2.24, 2.45) is 0 Å². The molecule has 34 valence electrons. The van der Waals surface area contributed by atoms with Crippen LogP contribution in [-0.4, -0.2) is 15.5 Å². The molecule has 1 heterocycles. The second kappa shape index (κ2) is 1.34. The zero-order valence-electron chi connectivity index (χ0n) is 3.37. The number of nitrogens with zero attached hydrogens (tertiary/aromatic N) is 4. The maximum absolute atomic E-state index is 8.03. The van der Waals surface area contributed by atoms with Crippen LogP contribution >= 0.6 is 0 Å². The molecule has 1 aromatic rings. The lowest BCUT2D eigenvalue weighted by atomic mass is 11.2. The molecule has 0 aliphatic carbocycles. The smallest absolute Gasteiger partial charge is 0.0887 e. The van der Waals surface area contributed by atoms with Gasteiger partial charge in [0.15, 0.2) is 0 Å². The zero-order chi connectivity index (χ0) is 5.11. The molecule has 0 aliphatic heterocycles. The van der Waals surface area contributed by atoms with Gasteiger partial charge in [-0.25, -0.2) is 0 Å². The Morgan fingerprint density at radius 1 is 1.86 bits per heavy atom. The molecule has 7 heavy (non-hydrogen) atoms. The van der Waals surface area contributed by atoms with Crippen LogP contribution in [0.1, 0.15) is 0 Å². The maximum atomic E-state index is 8.03. The molecule has 0 amide bonds. The minimum absolute atomic E-state index is 1.08. The number of hydrogen-bond acceptors (Lipinski definition) is 3. The molecule has 0 bridgehead atoms. The lowest BCUT2D eigenvalue weighted by molar-refractivity contribution is -0.651. The van der Waals surface area contributed by atoms with E-state index in [2.05, 4.69) is 15.5 Å². The second-order valence-corrected chi connectivity index (χ2v) is 0.901. The second-order valence-electron chi connectivity index (χ2n) is 0.901. The molecule has 5 nitrogen and oxygen atoms in total. The van der Waals surface area contributed by atoms with Crippen LogP contribution in [0.4, 0.5) is 0 Å². The number of rotatable bonds is 0. The molecule has 0 unspecified atom stereocenters. The Hall–Kier alpha value is -1.44. The van der Waals surface area contributed by atoms with Crippen LogP contribution in [0.25, 0.3) is 0 Å². The van der Waals surface area contributed by atoms with Gasteiger partial charge in [-0.05, 0) is 5.26 Å². The Labute approximate surface area is 39.2 Å². The first-order valence-corrected chi connectivity index (χ1v) is 1.61. The van der Waals surface area contributed by atoms with Crippen LogP contribution in [0.15, 0.2) is 6.33 Å². The van der Waals surface area contributed by atoms with Crippen molar-refractivity contribution in [3.63, 3.8) is 0 Å². The first kappa shape index (κ1) is 3.74. The van der Waals surface area contributed by atoms with Crippen LogP contribution in [0.3, 0.4) is 0 Å². The Morgan fingerprint density at radius 3 is 3.00 bits per heavy atom. The molecule has 0 aliphatic rings. The van der Waals surface area contributed by atoms with E-state index in [1.165, 1.54) is 6.33 Å². The van der Waals surface area contributed by atoms with E-state index in [9.17, 15) is 0 Å². The van der Waals surface area contributed by atoms with Crippen LogP contribution in [0.2, 0.25) is 0 Å². The van der Waals surface area contributed by atoms with Gasteiger partial charge in [-0.2, -0.15) is 0 Å². The third kappa shape index (κ3) is 0.523. The normalized spacial score (nSPS) is 7.86. The summed E-state index contributed by atoms with van der Waals surface area (Å²) in [5.41, 5.74) is 0. The van der Waals surface area contributed by atoms with Crippen molar-refractivity contribution in [3.05, 3.63) is 6.33 Å². The lowest BCUT2D eigenvalue weighted by Gasteiger charge is -1.60. The standard InChI is InChI=1S/C2HN5/c3-1-7-2-4-5-6-7/h2H/p+1. The van der Waals surface area contributed by atoms with Crippen molar-refractivity contribution in [3.8, 4) is 6.19 Å². The molecule has 0 radical (unpaired) electrons. The highest BCUT2D eigenvalue weighted by Gasteiger charge is 1.89. The van der Waals surface area contributed by atoms with E-state index in [4.69, 9.17) is 5.26 Å². The van der Waals surface area contributed by atoms with E-state index in [1.54, 1.807) is 6.19 Å². The zero-order valence-corrected chi connectivity index (χ0v) is 3.37. The molecule has 0 atom stereocenters. The highest BCUT2D eigenvalue weighted by Crippen LogP contribution is 1.44. The fourth-order valence-electron chi connectivity index (χ4n) is 0.225. The Bertz CT molecular complexity index is 168. The number of nitrogens with one attached hydrogen (secondary N) is 1. The number of hydrogen-bond donors (Lipinski definition) is 1. The SMILES string of the molecule is N#C[n+]1cnn[nH]1. The fraction of sp³-hybridized carbons (Fsp3) is 0. The van der Waals surface area contributed by atoms with E-state index in [-0.39, 0.29) is 0 Å². The van der Waals surface area contributed by atoms with E-state index >= 15 is 0 Å². The van der Waals surface area contributed by atoms with Crippen LogP contribution in [-0.2, 0) is 0 Å². The van der Waals surface area contributed by atoms with Crippen molar-refractivity contribution in [2.45, 2.75) is 0 Å². The molecule has 0 saturated heterocycles. The number of H-pyrrole nitrogens is 1. The molecule has 0 fully saturated rings. The summed E-state index contributed by atoms with van der Waals surface area (Å²) in [6, 6.07) is 0. The van der Waals surface area contributed by atoms with Gasteiger partial charge in [0, 0.05) is 5.10 Å². The van der Waals surface area contributed by atoms with Crippen molar-refractivity contribution in [1.82, 2.24) is 15.5 Å². The Morgan fingerprint density at radius 2 is 2.71 bits per heavy atom. The quantitative estimate of drug-likeness (QED) is 0.396. The molecule has 5 heteroatoms. The summed E-state index contributed by atoms with van der Waals surface area (Å²) in [7, 11) is 0. The number of tetrazole rings is 1. The largest absolute Gasteiger partial charge is 0.349 e. The minimum atomic E-state index is 1.08. The average Bonchev–Trinajstić information content (AvgIpc) is 2.14. The molecule has 1 rings (SSSR count). The van der Waals surface area contributed by atoms with Gasteiger partial charge in [-0.3, -0.25) is 0 Å². The molecule has 0 saturated carbocycles. The van der Waals surface area contributed by atoms with Gasteiger partial charge in [0.2, 0.25) is 0 Å². The van der Waals surface area contributed by atoms with Crippen molar-refractivity contribution < 1.29 is 4.68 Å².